The first kappa shape index (κ1) is 14.0. The summed E-state index contributed by atoms with van der Waals surface area (Å²) in [5, 5.41) is 12.7. The van der Waals surface area contributed by atoms with Crippen LogP contribution in [0.3, 0.4) is 0 Å². The van der Waals surface area contributed by atoms with Crippen LogP contribution in [0.1, 0.15) is 11.4 Å². The Labute approximate surface area is 136 Å². The number of H-pyrrole nitrogens is 1. The van der Waals surface area contributed by atoms with Gasteiger partial charge in [0.25, 0.3) is 0 Å². The van der Waals surface area contributed by atoms with E-state index >= 15 is 0 Å². The molecule has 0 spiro atoms. The van der Waals surface area contributed by atoms with Gasteiger partial charge in [-0.25, -0.2) is 9.67 Å². The van der Waals surface area contributed by atoms with Gasteiger partial charge in [0.15, 0.2) is 0 Å². The van der Waals surface area contributed by atoms with Gasteiger partial charge >= 0.3 is 0 Å². The number of tetrazole rings is 1. The lowest BCUT2D eigenvalue weighted by Gasteiger charge is -2.03. The van der Waals surface area contributed by atoms with Crippen molar-refractivity contribution in [2.24, 2.45) is 0 Å². The molecule has 0 aliphatic carbocycles. The van der Waals surface area contributed by atoms with Crippen molar-refractivity contribution in [2.75, 3.05) is 0 Å². The first-order valence-corrected chi connectivity index (χ1v) is 8.23. The summed E-state index contributed by atoms with van der Waals surface area (Å²) in [6.07, 6.45) is 0. The second-order valence-corrected chi connectivity index (χ2v) is 6.04. The quantitative estimate of drug-likeness (QED) is 0.572. The van der Waals surface area contributed by atoms with Crippen LogP contribution in [0.2, 0.25) is 0 Å². The monoisotopic (exact) mass is 322 g/mol. The predicted molar refractivity (Wildman–Crippen MR) is 89.0 cm³/mol. The first-order valence-electron chi connectivity index (χ1n) is 7.25. The normalized spacial score (nSPS) is 11.1. The summed E-state index contributed by atoms with van der Waals surface area (Å²) in [5.74, 6) is 1.62. The van der Waals surface area contributed by atoms with Crippen molar-refractivity contribution in [1.29, 1.82) is 0 Å². The van der Waals surface area contributed by atoms with Crippen molar-refractivity contribution in [3.8, 4) is 0 Å². The molecule has 114 valence electrons. The summed E-state index contributed by atoms with van der Waals surface area (Å²) >= 11 is 1.57. The number of imidazole rings is 1. The van der Waals surface area contributed by atoms with Crippen LogP contribution < -0.4 is 0 Å². The second kappa shape index (κ2) is 6.21. The zero-order valence-corrected chi connectivity index (χ0v) is 13.1. The standard InChI is InChI=1S/C16H14N6S/c1-2-6-12(7-3-1)10-22-16(19-20-21-22)23-11-15-17-13-8-4-5-9-14(13)18-15/h1-9H,10-11H2,(H,17,18). The van der Waals surface area contributed by atoms with Gasteiger partial charge in [0, 0.05) is 0 Å². The zero-order valence-electron chi connectivity index (χ0n) is 12.3. The number of fused-ring (bicyclic) bond motifs is 1. The molecular weight excluding hydrogens is 308 g/mol. The Kier molecular flexibility index (Phi) is 3.77. The van der Waals surface area contributed by atoms with Gasteiger partial charge < -0.3 is 4.98 Å². The van der Waals surface area contributed by atoms with Crippen LogP contribution in [0.25, 0.3) is 11.0 Å². The van der Waals surface area contributed by atoms with Crippen molar-refractivity contribution in [1.82, 2.24) is 30.2 Å². The molecule has 2 aromatic heterocycles. The molecule has 0 saturated heterocycles. The van der Waals surface area contributed by atoms with Gasteiger partial charge in [0.2, 0.25) is 5.16 Å². The summed E-state index contributed by atoms with van der Waals surface area (Å²) in [6, 6.07) is 18.2. The summed E-state index contributed by atoms with van der Waals surface area (Å²) in [5.41, 5.74) is 3.20. The lowest BCUT2D eigenvalue weighted by Crippen LogP contribution is -2.03. The van der Waals surface area contributed by atoms with E-state index in [-0.39, 0.29) is 0 Å². The Balaban J connectivity index is 1.48. The number of aromatic amines is 1. The van der Waals surface area contributed by atoms with Crippen LogP contribution in [0.5, 0.6) is 0 Å². The van der Waals surface area contributed by atoms with Crippen LogP contribution in [-0.2, 0) is 12.3 Å². The highest BCUT2D eigenvalue weighted by Crippen LogP contribution is 2.21. The molecule has 2 aromatic carbocycles. The van der Waals surface area contributed by atoms with Crippen molar-refractivity contribution in [2.45, 2.75) is 17.5 Å². The maximum Gasteiger partial charge on any atom is 0.210 e. The SMILES string of the molecule is c1ccc(Cn2nnnc2SCc2nc3ccccc3[nH]2)cc1. The van der Waals surface area contributed by atoms with E-state index in [1.807, 2.05) is 47.1 Å². The summed E-state index contributed by atoms with van der Waals surface area (Å²) in [6.45, 7) is 0.663. The van der Waals surface area contributed by atoms with Crippen LogP contribution in [-0.4, -0.2) is 30.2 Å². The molecule has 2 heterocycles. The minimum atomic E-state index is 0.663. The maximum atomic E-state index is 4.57. The van der Waals surface area contributed by atoms with E-state index in [1.165, 1.54) is 5.56 Å². The number of hydrogen-bond acceptors (Lipinski definition) is 5. The fraction of sp³-hybridized carbons (Fsp3) is 0.125. The van der Waals surface area contributed by atoms with Gasteiger partial charge in [-0.15, -0.1) is 5.10 Å². The molecular formula is C16H14N6S. The summed E-state index contributed by atoms with van der Waals surface area (Å²) < 4.78 is 1.81. The number of nitrogens with zero attached hydrogens (tertiary/aromatic N) is 5. The molecule has 0 bridgehead atoms. The Bertz CT molecular complexity index is 881. The fourth-order valence-electron chi connectivity index (χ4n) is 2.36. The van der Waals surface area contributed by atoms with E-state index < -0.39 is 0 Å². The molecule has 7 heteroatoms. The average Bonchev–Trinajstić information content (AvgIpc) is 3.20. The molecule has 23 heavy (non-hydrogen) atoms. The highest BCUT2D eigenvalue weighted by atomic mass is 32.2. The number of benzene rings is 2. The van der Waals surface area contributed by atoms with Gasteiger partial charge in [0.1, 0.15) is 5.82 Å². The Morgan fingerprint density at radius 2 is 1.83 bits per heavy atom. The molecule has 6 nitrogen and oxygen atoms in total. The highest BCUT2D eigenvalue weighted by molar-refractivity contribution is 7.98. The van der Waals surface area contributed by atoms with E-state index in [0.717, 1.165) is 22.0 Å². The zero-order chi connectivity index (χ0) is 15.5. The van der Waals surface area contributed by atoms with Gasteiger partial charge in [0.05, 0.1) is 23.3 Å². The van der Waals surface area contributed by atoms with Crippen LogP contribution in [0.4, 0.5) is 0 Å². The van der Waals surface area contributed by atoms with E-state index in [4.69, 9.17) is 0 Å². The molecule has 1 N–H and O–H groups in total. The first-order chi connectivity index (χ1) is 11.4. The van der Waals surface area contributed by atoms with Gasteiger partial charge in [-0.1, -0.05) is 54.2 Å². The highest BCUT2D eigenvalue weighted by Gasteiger charge is 2.09. The molecule has 0 atom stereocenters. The van der Waals surface area contributed by atoms with Gasteiger partial charge in [-0.3, -0.25) is 0 Å². The second-order valence-electron chi connectivity index (χ2n) is 5.09. The molecule has 0 saturated carbocycles. The van der Waals surface area contributed by atoms with E-state index in [0.29, 0.717) is 12.3 Å². The van der Waals surface area contributed by atoms with Crippen molar-refractivity contribution in [3.63, 3.8) is 0 Å². The van der Waals surface area contributed by atoms with Crippen molar-refractivity contribution in [3.05, 3.63) is 66.0 Å². The lowest BCUT2D eigenvalue weighted by molar-refractivity contribution is 0.603. The maximum absolute atomic E-state index is 4.57. The minimum absolute atomic E-state index is 0.663. The number of thioether (sulfide) groups is 1. The number of nitrogens with one attached hydrogen (secondary N) is 1. The molecule has 0 aliphatic heterocycles. The van der Waals surface area contributed by atoms with Crippen LogP contribution in [0, 0.1) is 0 Å². The number of hydrogen-bond donors (Lipinski definition) is 1. The average molecular weight is 322 g/mol. The Morgan fingerprint density at radius 1 is 1.00 bits per heavy atom. The number of aromatic nitrogens is 6. The van der Waals surface area contributed by atoms with Crippen LogP contribution in [0.15, 0.2) is 59.8 Å². The fourth-order valence-corrected chi connectivity index (χ4v) is 3.11. The van der Waals surface area contributed by atoms with E-state index in [2.05, 4.69) is 37.6 Å². The number of rotatable bonds is 5. The topological polar surface area (TPSA) is 72.3 Å². The third-order valence-corrected chi connectivity index (χ3v) is 4.42. The van der Waals surface area contributed by atoms with Gasteiger partial charge in [-0.05, 0) is 28.1 Å². The third-order valence-electron chi connectivity index (χ3n) is 3.45. The van der Waals surface area contributed by atoms with Crippen molar-refractivity contribution < 1.29 is 0 Å². The molecule has 4 rings (SSSR count). The predicted octanol–water partition coefficient (Wildman–Crippen LogP) is 2.89. The molecule has 0 aliphatic rings. The van der Waals surface area contributed by atoms with Crippen LogP contribution >= 0.6 is 11.8 Å². The van der Waals surface area contributed by atoms with E-state index in [9.17, 15) is 0 Å². The molecule has 0 unspecified atom stereocenters. The molecule has 0 fully saturated rings. The number of para-hydroxylation sites is 2. The molecule has 0 radical (unpaired) electrons. The summed E-state index contributed by atoms with van der Waals surface area (Å²) in [7, 11) is 0. The molecule has 0 amide bonds. The Morgan fingerprint density at radius 3 is 2.70 bits per heavy atom. The van der Waals surface area contributed by atoms with Crippen molar-refractivity contribution >= 4 is 22.8 Å². The molecule has 4 aromatic rings. The lowest BCUT2D eigenvalue weighted by atomic mass is 10.2. The smallest absolute Gasteiger partial charge is 0.210 e. The summed E-state index contributed by atoms with van der Waals surface area (Å²) in [4.78, 5) is 7.89. The van der Waals surface area contributed by atoms with E-state index in [1.54, 1.807) is 11.8 Å². The third kappa shape index (κ3) is 3.09. The van der Waals surface area contributed by atoms with Gasteiger partial charge in [-0.2, -0.15) is 0 Å². The Hall–Kier alpha value is -2.67. The largest absolute Gasteiger partial charge is 0.341 e. The minimum Gasteiger partial charge on any atom is -0.341 e.